The number of carbonyl (C=O) groups is 2. The van der Waals surface area contributed by atoms with E-state index in [9.17, 15) is 9.59 Å². The van der Waals surface area contributed by atoms with Crippen LogP contribution in [0.5, 0.6) is 0 Å². The van der Waals surface area contributed by atoms with E-state index in [-0.39, 0.29) is 11.8 Å². The number of benzene rings is 1. The quantitative estimate of drug-likeness (QED) is 0.711. The lowest BCUT2D eigenvalue weighted by atomic mass is 10.1. The van der Waals surface area contributed by atoms with Gasteiger partial charge in [0.15, 0.2) is 0 Å². The summed E-state index contributed by atoms with van der Waals surface area (Å²) < 4.78 is 1.68. The maximum Gasteiger partial charge on any atom is 0.270 e. The van der Waals surface area contributed by atoms with Crippen molar-refractivity contribution >= 4 is 22.7 Å². The molecule has 3 aromatic rings. The van der Waals surface area contributed by atoms with Gasteiger partial charge in [-0.1, -0.05) is 18.2 Å². The summed E-state index contributed by atoms with van der Waals surface area (Å²) in [5, 5.41) is 8.24. The van der Waals surface area contributed by atoms with Crippen molar-refractivity contribution in [2.24, 2.45) is 7.05 Å². The van der Waals surface area contributed by atoms with E-state index in [2.05, 4.69) is 15.4 Å². The minimum atomic E-state index is -0.426. The molecule has 1 atom stereocenters. The van der Waals surface area contributed by atoms with E-state index < -0.39 is 6.04 Å². The van der Waals surface area contributed by atoms with Crippen LogP contribution in [-0.2, 0) is 11.8 Å². The highest BCUT2D eigenvalue weighted by Crippen LogP contribution is 2.19. The minimum Gasteiger partial charge on any atom is -0.351 e. The molecule has 1 unspecified atom stereocenters. The summed E-state index contributed by atoms with van der Waals surface area (Å²) in [6.07, 6.45) is 3.55. The molecule has 0 saturated carbocycles. The van der Waals surface area contributed by atoms with Gasteiger partial charge in [-0.3, -0.25) is 14.3 Å². The molecule has 2 amide bonds. The highest BCUT2D eigenvalue weighted by Gasteiger charge is 2.30. The number of hydrogen-bond donors (Lipinski definition) is 2. The average Bonchev–Trinajstić information content (AvgIpc) is 3.34. The molecule has 8 heteroatoms. The number of H-pyrrole nitrogens is 1. The van der Waals surface area contributed by atoms with Gasteiger partial charge in [-0.05, 0) is 19.2 Å². The molecule has 2 N–H and O–H groups in total. The Labute approximate surface area is 163 Å². The van der Waals surface area contributed by atoms with E-state index in [0.29, 0.717) is 31.9 Å². The van der Waals surface area contributed by atoms with Crippen LogP contribution >= 0.6 is 0 Å². The Morgan fingerprint density at radius 2 is 1.86 bits per heavy atom. The topological polar surface area (TPSA) is 86.3 Å². The molecule has 28 heavy (non-hydrogen) atoms. The lowest BCUT2D eigenvalue weighted by Gasteiger charge is -2.36. The Kier molecular flexibility index (Phi) is 4.87. The number of para-hydroxylation sites is 1. The van der Waals surface area contributed by atoms with Crippen LogP contribution in [-0.4, -0.2) is 69.6 Å². The molecule has 146 valence electrons. The van der Waals surface area contributed by atoms with Crippen molar-refractivity contribution in [1.29, 1.82) is 0 Å². The molecule has 0 aliphatic carbocycles. The van der Waals surface area contributed by atoms with Crippen LogP contribution in [0.25, 0.3) is 10.9 Å². The smallest absolute Gasteiger partial charge is 0.270 e. The van der Waals surface area contributed by atoms with E-state index >= 15 is 0 Å². The van der Waals surface area contributed by atoms with Crippen molar-refractivity contribution in [2.45, 2.75) is 6.04 Å². The standard InChI is InChI=1S/C20H24N6O2/c1-21-18(15-12-22-24(2)13-15)20(28)26-9-7-25(8-10-26)19(27)17-11-14-5-3-4-6-16(14)23-17/h3-6,11-13,18,21,23H,7-10H2,1-2H3. The third kappa shape index (κ3) is 3.38. The Hall–Kier alpha value is -3.13. The van der Waals surface area contributed by atoms with Crippen LogP contribution in [0.1, 0.15) is 22.1 Å². The lowest BCUT2D eigenvalue weighted by Crippen LogP contribution is -2.52. The Morgan fingerprint density at radius 1 is 1.14 bits per heavy atom. The fourth-order valence-corrected chi connectivity index (χ4v) is 3.69. The number of likely N-dealkylation sites (N-methyl/N-ethyl adjacent to an activating group) is 1. The number of aromatic amines is 1. The van der Waals surface area contributed by atoms with Crippen LogP contribution in [0.3, 0.4) is 0 Å². The van der Waals surface area contributed by atoms with Gasteiger partial charge in [-0.25, -0.2) is 0 Å². The minimum absolute atomic E-state index is 0.00760. The van der Waals surface area contributed by atoms with Gasteiger partial charge in [0, 0.05) is 55.9 Å². The second-order valence-electron chi connectivity index (χ2n) is 7.06. The van der Waals surface area contributed by atoms with Gasteiger partial charge in [0.25, 0.3) is 5.91 Å². The van der Waals surface area contributed by atoms with E-state index in [4.69, 9.17) is 0 Å². The van der Waals surface area contributed by atoms with Crippen molar-refractivity contribution in [1.82, 2.24) is 29.9 Å². The summed E-state index contributed by atoms with van der Waals surface area (Å²) in [6.45, 7) is 2.07. The van der Waals surface area contributed by atoms with Gasteiger partial charge in [0.05, 0.1) is 6.20 Å². The van der Waals surface area contributed by atoms with E-state index in [1.54, 1.807) is 22.8 Å². The number of rotatable bonds is 4. The van der Waals surface area contributed by atoms with Crippen molar-refractivity contribution in [3.8, 4) is 0 Å². The third-order valence-corrected chi connectivity index (χ3v) is 5.23. The summed E-state index contributed by atoms with van der Waals surface area (Å²) in [5.41, 5.74) is 2.38. The van der Waals surface area contributed by atoms with Gasteiger partial charge in [-0.2, -0.15) is 5.10 Å². The Balaban J connectivity index is 1.41. The number of fused-ring (bicyclic) bond motifs is 1. The summed E-state index contributed by atoms with van der Waals surface area (Å²) in [4.78, 5) is 32.5. The van der Waals surface area contributed by atoms with Crippen LogP contribution in [0, 0.1) is 0 Å². The fraction of sp³-hybridized carbons (Fsp3) is 0.350. The normalized spacial score (nSPS) is 15.8. The first-order valence-electron chi connectivity index (χ1n) is 9.38. The first-order chi connectivity index (χ1) is 13.6. The number of aromatic nitrogens is 3. The van der Waals surface area contributed by atoms with Gasteiger partial charge in [-0.15, -0.1) is 0 Å². The molecule has 2 aromatic heterocycles. The number of amides is 2. The highest BCUT2D eigenvalue weighted by atomic mass is 16.2. The van der Waals surface area contributed by atoms with Crippen LogP contribution in [0.15, 0.2) is 42.7 Å². The second-order valence-corrected chi connectivity index (χ2v) is 7.06. The van der Waals surface area contributed by atoms with Crippen molar-refractivity contribution in [2.75, 3.05) is 33.2 Å². The molecule has 0 radical (unpaired) electrons. The van der Waals surface area contributed by atoms with E-state index in [0.717, 1.165) is 16.5 Å². The summed E-state index contributed by atoms with van der Waals surface area (Å²) in [5.74, 6) is -0.0195. The second kappa shape index (κ2) is 7.47. The predicted molar refractivity (Wildman–Crippen MR) is 106 cm³/mol. The molecule has 1 saturated heterocycles. The number of nitrogens with zero attached hydrogens (tertiary/aromatic N) is 4. The zero-order valence-corrected chi connectivity index (χ0v) is 16.1. The summed E-state index contributed by atoms with van der Waals surface area (Å²) in [7, 11) is 3.60. The molecule has 8 nitrogen and oxygen atoms in total. The molecule has 4 rings (SSSR count). The molecule has 1 aliphatic rings. The first kappa shape index (κ1) is 18.2. The van der Waals surface area contributed by atoms with Crippen molar-refractivity contribution < 1.29 is 9.59 Å². The molecule has 0 spiro atoms. The van der Waals surface area contributed by atoms with E-state index in [1.807, 2.05) is 48.5 Å². The molecule has 1 aliphatic heterocycles. The zero-order chi connectivity index (χ0) is 19.7. The number of carbonyl (C=O) groups excluding carboxylic acids is 2. The maximum absolute atomic E-state index is 12.9. The molecular weight excluding hydrogens is 356 g/mol. The zero-order valence-electron chi connectivity index (χ0n) is 16.1. The predicted octanol–water partition coefficient (Wildman–Crippen LogP) is 1.15. The Morgan fingerprint density at radius 3 is 2.50 bits per heavy atom. The third-order valence-electron chi connectivity index (χ3n) is 5.23. The van der Waals surface area contributed by atoms with Crippen LogP contribution in [0.2, 0.25) is 0 Å². The van der Waals surface area contributed by atoms with Crippen molar-refractivity contribution in [3.63, 3.8) is 0 Å². The highest BCUT2D eigenvalue weighted by molar-refractivity contribution is 5.98. The number of piperazine rings is 1. The fourth-order valence-electron chi connectivity index (χ4n) is 3.69. The molecule has 0 bridgehead atoms. The average molecular weight is 380 g/mol. The Bertz CT molecular complexity index is 966. The largest absolute Gasteiger partial charge is 0.351 e. The lowest BCUT2D eigenvalue weighted by molar-refractivity contribution is -0.135. The number of aryl methyl sites for hydroxylation is 1. The van der Waals surface area contributed by atoms with Gasteiger partial charge >= 0.3 is 0 Å². The molecule has 1 aromatic carbocycles. The number of hydrogen-bond acceptors (Lipinski definition) is 4. The summed E-state index contributed by atoms with van der Waals surface area (Å²) in [6, 6.07) is 9.29. The first-order valence-corrected chi connectivity index (χ1v) is 9.38. The van der Waals surface area contributed by atoms with Gasteiger partial charge in [0.2, 0.25) is 5.91 Å². The molecule has 1 fully saturated rings. The molecular formula is C20H24N6O2. The van der Waals surface area contributed by atoms with E-state index in [1.165, 1.54) is 0 Å². The van der Waals surface area contributed by atoms with Crippen molar-refractivity contribution in [3.05, 3.63) is 54.0 Å². The number of nitrogens with one attached hydrogen (secondary N) is 2. The van der Waals surface area contributed by atoms with Crippen LogP contribution < -0.4 is 5.32 Å². The van der Waals surface area contributed by atoms with Crippen LogP contribution in [0.4, 0.5) is 0 Å². The van der Waals surface area contributed by atoms with Gasteiger partial charge in [0.1, 0.15) is 11.7 Å². The monoisotopic (exact) mass is 380 g/mol. The SMILES string of the molecule is CNC(C(=O)N1CCN(C(=O)c2cc3ccccc3[nH]2)CC1)c1cnn(C)c1. The molecule has 3 heterocycles. The summed E-state index contributed by atoms with van der Waals surface area (Å²) >= 11 is 0. The van der Waals surface area contributed by atoms with Gasteiger partial charge < -0.3 is 20.1 Å². The maximum atomic E-state index is 12.9.